The lowest BCUT2D eigenvalue weighted by molar-refractivity contribution is 0.945. The van der Waals surface area contributed by atoms with Gasteiger partial charge in [0.25, 0.3) is 0 Å². The topological polar surface area (TPSA) is 26.0 Å². The van der Waals surface area contributed by atoms with Crippen LogP contribution in [0, 0.1) is 0 Å². The number of nitrogens with two attached hydrogens (primary N) is 1. The van der Waals surface area contributed by atoms with Crippen molar-refractivity contribution in [1.29, 1.82) is 0 Å². The molecule has 0 atom stereocenters. The number of rotatable bonds is 2. The van der Waals surface area contributed by atoms with Gasteiger partial charge in [-0.05, 0) is 13.3 Å². The van der Waals surface area contributed by atoms with Crippen molar-refractivity contribution in [2.75, 3.05) is 0 Å². The molecule has 0 saturated carbocycles. The number of hydrogen-bond donors (Lipinski definition) is 1. The number of unbranched alkanes of at least 4 members (excludes halogenated alkanes) is 1. The minimum Gasteiger partial charge on any atom is -0.403 e. The number of hydrogen-bond acceptors (Lipinski definition) is 1. The highest BCUT2D eigenvalue weighted by Crippen LogP contribution is 1.89. The van der Waals surface area contributed by atoms with E-state index in [0.29, 0.717) is 0 Å². The fourth-order valence-electron chi connectivity index (χ4n) is 0.372. The van der Waals surface area contributed by atoms with Crippen LogP contribution < -0.4 is 5.73 Å². The molecule has 0 amide bonds. The molecular formula is C6H14ClN. The molecule has 8 heavy (non-hydrogen) atoms. The summed E-state index contributed by atoms with van der Waals surface area (Å²) in [5, 5.41) is 0. The maximum atomic E-state index is 5.34. The Morgan fingerprint density at radius 2 is 2.12 bits per heavy atom. The summed E-state index contributed by atoms with van der Waals surface area (Å²) in [5.74, 6) is 0. The van der Waals surface area contributed by atoms with Gasteiger partial charge >= 0.3 is 0 Å². The summed E-state index contributed by atoms with van der Waals surface area (Å²) in [6, 6.07) is 0. The van der Waals surface area contributed by atoms with Crippen molar-refractivity contribution in [2.24, 2.45) is 5.73 Å². The first-order valence-electron chi connectivity index (χ1n) is 2.69. The molecule has 0 aliphatic carbocycles. The third kappa shape index (κ3) is 9.27. The summed E-state index contributed by atoms with van der Waals surface area (Å²) in [7, 11) is 0. The molecule has 0 aliphatic rings. The Morgan fingerprint density at radius 1 is 1.62 bits per heavy atom. The highest BCUT2D eigenvalue weighted by atomic mass is 35.5. The zero-order chi connectivity index (χ0) is 5.70. The first kappa shape index (κ1) is 10.7. The molecule has 0 aromatic rings. The predicted octanol–water partition coefficient (Wildman–Crippen LogP) is 2.07. The molecule has 2 N–H and O–H groups in total. The second-order valence-corrected chi connectivity index (χ2v) is 1.74. The molecule has 0 aromatic heterocycles. The second kappa shape index (κ2) is 6.83. The van der Waals surface area contributed by atoms with E-state index in [4.69, 9.17) is 5.73 Å². The summed E-state index contributed by atoms with van der Waals surface area (Å²) >= 11 is 0. The van der Waals surface area contributed by atoms with E-state index in [0.717, 1.165) is 12.1 Å². The van der Waals surface area contributed by atoms with E-state index in [-0.39, 0.29) is 12.4 Å². The third-order valence-corrected chi connectivity index (χ3v) is 0.755. The zero-order valence-electron chi connectivity index (χ0n) is 5.48. The van der Waals surface area contributed by atoms with E-state index < -0.39 is 0 Å². The van der Waals surface area contributed by atoms with Crippen LogP contribution >= 0.6 is 12.4 Å². The van der Waals surface area contributed by atoms with Gasteiger partial charge in [-0.3, -0.25) is 0 Å². The van der Waals surface area contributed by atoms with E-state index in [9.17, 15) is 0 Å². The standard InChI is InChI=1S/C6H13N.ClH/c1-3-4-5-6(2)7;/h5H,3-4,7H2,1-2H3;1H. The molecule has 0 aliphatic heterocycles. The minimum absolute atomic E-state index is 0. The van der Waals surface area contributed by atoms with Gasteiger partial charge in [-0.25, -0.2) is 0 Å². The number of halogens is 1. The summed E-state index contributed by atoms with van der Waals surface area (Å²) < 4.78 is 0. The third-order valence-electron chi connectivity index (χ3n) is 0.755. The normalized spacial score (nSPS) is 10.5. The lowest BCUT2D eigenvalue weighted by atomic mass is 10.3. The van der Waals surface area contributed by atoms with Gasteiger partial charge in [0.05, 0.1) is 0 Å². The van der Waals surface area contributed by atoms with E-state index in [1.54, 1.807) is 0 Å². The highest BCUT2D eigenvalue weighted by Gasteiger charge is 1.73. The quantitative estimate of drug-likeness (QED) is 0.617. The summed E-state index contributed by atoms with van der Waals surface area (Å²) in [6.07, 6.45) is 4.34. The molecule has 0 fully saturated rings. The van der Waals surface area contributed by atoms with E-state index in [1.807, 2.05) is 13.0 Å². The fourth-order valence-corrected chi connectivity index (χ4v) is 0.372. The van der Waals surface area contributed by atoms with Crippen LogP contribution in [0.5, 0.6) is 0 Å². The molecule has 0 bridgehead atoms. The van der Waals surface area contributed by atoms with Gasteiger partial charge in [0.15, 0.2) is 0 Å². The molecule has 1 nitrogen and oxygen atoms in total. The minimum atomic E-state index is 0. The van der Waals surface area contributed by atoms with Gasteiger partial charge in [-0.2, -0.15) is 0 Å². The maximum Gasteiger partial charge on any atom is 0.000832 e. The zero-order valence-corrected chi connectivity index (χ0v) is 6.29. The average molecular weight is 136 g/mol. The molecule has 50 valence electrons. The summed E-state index contributed by atoms with van der Waals surface area (Å²) in [4.78, 5) is 0. The van der Waals surface area contributed by atoms with Crippen LogP contribution in [0.25, 0.3) is 0 Å². The Kier molecular flexibility index (Phi) is 9.17. The molecule has 0 aromatic carbocycles. The van der Waals surface area contributed by atoms with Crippen molar-refractivity contribution < 1.29 is 0 Å². The Hall–Kier alpha value is -0.170. The Bertz CT molecular complexity index is 64.9. The van der Waals surface area contributed by atoms with Crippen molar-refractivity contribution in [3.63, 3.8) is 0 Å². The molecule has 0 unspecified atom stereocenters. The largest absolute Gasteiger partial charge is 0.403 e. The molecule has 0 spiro atoms. The lowest BCUT2D eigenvalue weighted by Gasteiger charge is -1.85. The summed E-state index contributed by atoms with van der Waals surface area (Å²) in [5.41, 5.74) is 6.27. The molecular weight excluding hydrogens is 122 g/mol. The smallest absolute Gasteiger partial charge is 0.000832 e. The first-order valence-corrected chi connectivity index (χ1v) is 2.69. The molecule has 2 heteroatoms. The molecule has 0 rings (SSSR count). The highest BCUT2D eigenvalue weighted by molar-refractivity contribution is 5.85. The number of allylic oxidation sites excluding steroid dienone is 2. The van der Waals surface area contributed by atoms with Crippen molar-refractivity contribution in [3.8, 4) is 0 Å². The van der Waals surface area contributed by atoms with Gasteiger partial charge in [0.1, 0.15) is 0 Å². The van der Waals surface area contributed by atoms with Crippen LogP contribution in [0.4, 0.5) is 0 Å². The van der Waals surface area contributed by atoms with Crippen molar-refractivity contribution in [3.05, 3.63) is 11.8 Å². The first-order chi connectivity index (χ1) is 3.27. The summed E-state index contributed by atoms with van der Waals surface area (Å²) in [6.45, 7) is 4.05. The molecule has 0 heterocycles. The van der Waals surface area contributed by atoms with Crippen LogP contribution in [0.2, 0.25) is 0 Å². The van der Waals surface area contributed by atoms with Crippen LogP contribution in [0.1, 0.15) is 26.7 Å². The van der Waals surface area contributed by atoms with Gasteiger partial charge in [-0.1, -0.05) is 19.4 Å². The van der Waals surface area contributed by atoms with Gasteiger partial charge in [0, 0.05) is 5.70 Å². The van der Waals surface area contributed by atoms with Crippen LogP contribution in [0.3, 0.4) is 0 Å². The van der Waals surface area contributed by atoms with Crippen LogP contribution in [-0.2, 0) is 0 Å². The Labute approximate surface area is 57.4 Å². The molecule has 0 radical (unpaired) electrons. The Morgan fingerprint density at radius 3 is 2.25 bits per heavy atom. The fraction of sp³-hybridized carbons (Fsp3) is 0.667. The van der Waals surface area contributed by atoms with Gasteiger partial charge in [-0.15, -0.1) is 12.4 Å². The predicted molar refractivity (Wildman–Crippen MR) is 40.1 cm³/mol. The van der Waals surface area contributed by atoms with E-state index >= 15 is 0 Å². The van der Waals surface area contributed by atoms with Crippen LogP contribution in [-0.4, -0.2) is 0 Å². The van der Waals surface area contributed by atoms with Crippen molar-refractivity contribution in [1.82, 2.24) is 0 Å². The van der Waals surface area contributed by atoms with Gasteiger partial charge in [0.2, 0.25) is 0 Å². The second-order valence-electron chi connectivity index (χ2n) is 1.74. The van der Waals surface area contributed by atoms with Gasteiger partial charge < -0.3 is 5.73 Å². The SMILES string of the molecule is CCCC=C(C)N.Cl. The van der Waals surface area contributed by atoms with E-state index in [2.05, 4.69) is 6.92 Å². The average Bonchev–Trinajstić information content (AvgIpc) is 1.61. The van der Waals surface area contributed by atoms with Crippen molar-refractivity contribution in [2.45, 2.75) is 26.7 Å². The van der Waals surface area contributed by atoms with Crippen LogP contribution in [0.15, 0.2) is 11.8 Å². The van der Waals surface area contributed by atoms with Crippen molar-refractivity contribution >= 4 is 12.4 Å². The molecule has 0 saturated heterocycles. The van der Waals surface area contributed by atoms with E-state index in [1.165, 1.54) is 6.42 Å². The Balaban J connectivity index is 0. The monoisotopic (exact) mass is 135 g/mol. The lowest BCUT2D eigenvalue weighted by Crippen LogP contribution is -1.88. The maximum absolute atomic E-state index is 5.34.